The fraction of sp³-hybridized carbons (Fsp3) is 0.800. The van der Waals surface area contributed by atoms with E-state index in [0.717, 1.165) is 6.42 Å². The van der Waals surface area contributed by atoms with Crippen molar-refractivity contribution < 1.29 is 0 Å². The van der Waals surface area contributed by atoms with Crippen LogP contribution in [0.3, 0.4) is 0 Å². The summed E-state index contributed by atoms with van der Waals surface area (Å²) in [6, 6.07) is 0. The van der Waals surface area contributed by atoms with Crippen LogP contribution in [0.4, 0.5) is 0 Å². The zero-order chi connectivity index (χ0) is 4.83. The Hall–Kier alpha value is 0.543. The Morgan fingerprint density at radius 1 is 1.33 bits per heavy atom. The molecule has 0 spiro atoms. The van der Waals surface area contributed by atoms with Gasteiger partial charge in [-0.2, -0.15) is 0 Å². The summed E-state index contributed by atoms with van der Waals surface area (Å²) in [6.45, 7) is 3.72. The molecule has 1 heteroatoms. The second-order valence-electron chi connectivity index (χ2n) is 1.31. The van der Waals surface area contributed by atoms with Crippen molar-refractivity contribution in [1.29, 1.82) is 0 Å². The van der Waals surface area contributed by atoms with Crippen molar-refractivity contribution in [1.82, 2.24) is 0 Å². The third-order valence-corrected chi connectivity index (χ3v) is 1.42. The van der Waals surface area contributed by atoms with Gasteiger partial charge in [0.25, 0.3) is 0 Å². The predicted molar refractivity (Wildman–Crippen MR) is 29.8 cm³/mol. The Labute approximate surface area is 48.5 Å². The Balaban J connectivity index is 2.34. The van der Waals surface area contributed by atoms with E-state index in [4.69, 9.17) is 0 Å². The van der Waals surface area contributed by atoms with E-state index >= 15 is 0 Å². The first-order valence-electron chi connectivity index (χ1n) is 2.35. The minimum absolute atomic E-state index is 1.10. The molecule has 0 nitrogen and oxygen atoms in total. The first kappa shape index (κ1) is 6.54. The zero-order valence-electron chi connectivity index (χ0n) is 4.04. The van der Waals surface area contributed by atoms with Gasteiger partial charge in [-0.25, -0.2) is 0 Å². The van der Waals surface area contributed by atoms with Crippen LogP contribution in [0.15, 0.2) is 0 Å². The van der Waals surface area contributed by atoms with Gasteiger partial charge in [0.1, 0.15) is 0 Å². The SMILES string of the molecule is [CH2]CCC[CH2][Ge]. The molecule has 0 aliphatic heterocycles. The van der Waals surface area contributed by atoms with E-state index in [0.29, 0.717) is 0 Å². The molecule has 0 aliphatic carbocycles. The monoisotopic (exact) mass is 144 g/mol. The van der Waals surface area contributed by atoms with E-state index in [2.05, 4.69) is 23.4 Å². The summed E-state index contributed by atoms with van der Waals surface area (Å²) in [5, 5.41) is 1.32. The zero-order valence-corrected chi connectivity index (χ0v) is 6.13. The summed E-state index contributed by atoms with van der Waals surface area (Å²) >= 11 is 2.20. The van der Waals surface area contributed by atoms with Crippen molar-refractivity contribution in [3.63, 3.8) is 0 Å². The fourth-order valence-electron chi connectivity index (χ4n) is 0.302. The first-order valence-corrected chi connectivity index (χ1v) is 3.84. The molecular weight excluding hydrogens is 133 g/mol. The van der Waals surface area contributed by atoms with Crippen LogP contribution in [0.25, 0.3) is 0 Å². The van der Waals surface area contributed by atoms with Crippen LogP contribution in [0.1, 0.15) is 19.3 Å². The average Bonchev–Trinajstić information content (AvgIpc) is 1.61. The topological polar surface area (TPSA) is 0 Å². The van der Waals surface area contributed by atoms with E-state index in [1.807, 2.05) is 0 Å². The van der Waals surface area contributed by atoms with Crippen molar-refractivity contribution >= 4 is 16.5 Å². The average molecular weight is 143 g/mol. The molecule has 0 atom stereocenters. The van der Waals surface area contributed by atoms with Gasteiger partial charge in [-0.15, -0.1) is 0 Å². The third-order valence-electron chi connectivity index (χ3n) is 0.677. The van der Waals surface area contributed by atoms with E-state index < -0.39 is 0 Å². The third kappa shape index (κ3) is 4.54. The van der Waals surface area contributed by atoms with Gasteiger partial charge < -0.3 is 0 Å². The van der Waals surface area contributed by atoms with Gasteiger partial charge >= 0.3 is 48.0 Å². The van der Waals surface area contributed by atoms with Crippen LogP contribution in [0, 0.1) is 6.92 Å². The Bertz CT molecular complexity index is 15.9. The van der Waals surface area contributed by atoms with Gasteiger partial charge in [-0.1, -0.05) is 0 Å². The summed E-state index contributed by atoms with van der Waals surface area (Å²) < 4.78 is 0. The van der Waals surface area contributed by atoms with Crippen molar-refractivity contribution in [2.24, 2.45) is 0 Å². The van der Waals surface area contributed by atoms with Crippen molar-refractivity contribution in [2.75, 3.05) is 0 Å². The van der Waals surface area contributed by atoms with E-state index in [9.17, 15) is 0 Å². The minimum atomic E-state index is 1.10. The molecule has 0 rings (SSSR count). The molecule has 0 saturated carbocycles. The predicted octanol–water partition coefficient (Wildman–Crippen LogP) is 1.58. The molecule has 0 aromatic heterocycles. The van der Waals surface area contributed by atoms with Crippen LogP contribution in [-0.4, -0.2) is 16.5 Å². The van der Waals surface area contributed by atoms with Gasteiger partial charge in [0.15, 0.2) is 0 Å². The molecule has 0 aliphatic rings. The molecule has 0 heterocycles. The fourth-order valence-corrected chi connectivity index (χ4v) is 0.826. The van der Waals surface area contributed by atoms with Crippen molar-refractivity contribution in [2.45, 2.75) is 24.5 Å². The molecule has 34 valence electrons. The summed E-state index contributed by atoms with van der Waals surface area (Å²) in [7, 11) is 0. The molecular formula is C5H10Ge. The molecule has 0 saturated heterocycles. The standard InChI is InChI=1S/C5H10Ge/c1-2-3-4-5-6/h1-5H2. The summed E-state index contributed by atoms with van der Waals surface area (Å²) in [6.07, 6.45) is 3.76. The van der Waals surface area contributed by atoms with Crippen LogP contribution < -0.4 is 0 Å². The molecule has 0 amide bonds. The van der Waals surface area contributed by atoms with Gasteiger partial charge in [0.05, 0.1) is 0 Å². The summed E-state index contributed by atoms with van der Waals surface area (Å²) in [4.78, 5) is 0. The maximum absolute atomic E-state index is 3.72. The van der Waals surface area contributed by atoms with E-state index in [1.54, 1.807) is 0 Å². The Morgan fingerprint density at radius 3 is 2.17 bits per heavy atom. The molecule has 6 heavy (non-hydrogen) atoms. The maximum atomic E-state index is 3.72. The van der Waals surface area contributed by atoms with Gasteiger partial charge in [-0.3, -0.25) is 0 Å². The summed E-state index contributed by atoms with van der Waals surface area (Å²) in [5.41, 5.74) is 0. The second kappa shape index (κ2) is 5.54. The Morgan fingerprint density at radius 2 is 2.00 bits per heavy atom. The molecule has 0 N–H and O–H groups in total. The van der Waals surface area contributed by atoms with Crippen LogP contribution in [0.2, 0.25) is 5.25 Å². The summed E-state index contributed by atoms with van der Waals surface area (Å²) in [5.74, 6) is 0. The number of hydrogen-bond donors (Lipinski definition) is 0. The Kier molecular flexibility index (Phi) is 6.04. The first-order chi connectivity index (χ1) is 2.91. The van der Waals surface area contributed by atoms with E-state index in [1.165, 1.54) is 18.1 Å². The van der Waals surface area contributed by atoms with E-state index in [-0.39, 0.29) is 0 Å². The number of rotatable bonds is 3. The molecule has 4 radical (unpaired) electrons. The number of hydrogen-bond acceptors (Lipinski definition) is 0. The molecule has 0 unspecified atom stereocenters. The molecule has 0 aromatic rings. The van der Waals surface area contributed by atoms with Crippen LogP contribution in [0.5, 0.6) is 0 Å². The number of unbranched alkanes of at least 4 members (excludes halogenated alkanes) is 2. The second-order valence-corrected chi connectivity index (χ2v) is 2.36. The van der Waals surface area contributed by atoms with Gasteiger partial charge in [0, 0.05) is 0 Å². The van der Waals surface area contributed by atoms with Gasteiger partial charge in [-0.05, 0) is 0 Å². The molecule has 0 aromatic carbocycles. The quantitative estimate of drug-likeness (QED) is 0.415. The molecule has 0 fully saturated rings. The van der Waals surface area contributed by atoms with Crippen molar-refractivity contribution in [3.05, 3.63) is 6.92 Å². The molecule has 0 bridgehead atoms. The van der Waals surface area contributed by atoms with Gasteiger partial charge in [0.2, 0.25) is 0 Å². The van der Waals surface area contributed by atoms with Crippen LogP contribution in [-0.2, 0) is 0 Å². The van der Waals surface area contributed by atoms with Crippen LogP contribution >= 0.6 is 0 Å². The van der Waals surface area contributed by atoms with Crippen molar-refractivity contribution in [3.8, 4) is 0 Å². The normalized spacial score (nSPS) is 9.00.